The summed E-state index contributed by atoms with van der Waals surface area (Å²) < 4.78 is 4.41. The lowest BCUT2D eigenvalue weighted by Crippen LogP contribution is -2.17. The summed E-state index contributed by atoms with van der Waals surface area (Å²) in [6.45, 7) is 42.8. The van der Waals surface area contributed by atoms with E-state index >= 15 is 0 Å². The van der Waals surface area contributed by atoms with Gasteiger partial charge in [0.15, 0.2) is 28.8 Å². The molecule has 0 aliphatic rings. The molecule has 0 aliphatic heterocycles. The Hall–Kier alpha value is -11.0. The lowest BCUT2D eigenvalue weighted by Gasteiger charge is -2.26. The standard InChI is InChI=1S/C78H64N10/c1-75(2,3)54-33-52(34-55(39-54)76(4,5)6)72-84-73(53-35-56(77(7,8)9)40-57(36-53)78(10,11)12)86-74(85-72)65-38-51(22-28-71(65)88-67-25-17-47(44-80)31-61(67)62-32-48(45-81)18-26-68(62)88)60-37-50(49-19-15-46(43-79)16-20-49)21-27-66(60)87-69-29-23-58(82-13)41-63(69)64-42-59(83-14)24-30-70(64)87/h15-42H,1-12H3. The van der Waals surface area contributed by atoms with Gasteiger partial charge in [0.25, 0.3) is 0 Å². The molecule has 0 N–H and O–H groups in total. The Bertz CT molecular complexity index is 4820. The minimum atomic E-state index is -0.217. The van der Waals surface area contributed by atoms with Gasteiger partial charge < -0.3 is 9.13 Å². The van der Waals surface area contributed by atoms with E-state index in [9.17, 15) is 15.8 Å². The first-order valence-corrected chi connectivity index (χ1v) is 29.5. The van der Waals surface area contributed by atoms with E-state index in [4.69, 9.17) is 28.1 Å². The summed E-state index contributed by atoms with van der Waals surface area (Å²) in [6, 6.07) is 63.7. The maximum Gasteiger partial charge on any atom is 0.188 e. The van der Waals surface area contributed by atoms with Crippen molar-refractivity contribution in [3.63, 3.8) is 0 Å². The van der Waals surface area contributed by atoms with Crippen LogP contribution in [0, 0.1) is 47.1 Å². The van der Waals surface area contributed by atoms with Crippen LogP contribution in [0.3, 0.4) is 0 Å². The van der Waals surface area contributed by atoms with Crippen molar-refractivity contribution in [1.82, 2.24) is 24.1 Å². The predicted octanol–water partition coefficient (Wildman–Crippen LogP) is 20.3. The number of benzene rings is 9. The highest BCUT2D eigenvalue weighted by atomic mass is 15.1. The van der Waals surface area contributed by atoms with E-state index in [1.165, 1.54) is 0 Å². The lowest BCUT2D eigenvalue weighted by atomic mass is 9.79. The molecule has 0 saturated heterocycles. The smallest absolute Gasteiger partial charge is 0.188 e. The molecular weight excluding hydrogens is 1080 g/mol. The van der Waals surface area contributed by atoms with E-state index in [2.05, 4.69) is 193 Å². The first kappa shape index (κ1) is 57.5. The van der Waals surface area contributed by atoms with Crippen molar-refractivity contribution >= 4 is 55.0 Å². The van der Waals surface area contributed by atoms with Crippen LogP contribution in [0.5, 0.6) is 0 Å². The second-order valence-electron chi connectivity index (χ2n) is 27.0. The first-order chi connectivity index (χ1) is 41.8. The Morgan fingerprint density at radius 1 is 0.330 bits per heavy atom. The molecule has 0 aliphatic carbocycles. The molecule has 0 saturated carbocycles. The van der Waals surface area contributed by atoms with E-state index < -0.39 is 0 Å². The quantitative estimate of drug-likeness (QED) is 0.146. The monoisotopic (exact) mass is 1140 g/mol. The van der Waals surface area contributed by atoms with Crippen molar-refractivity contribution in [1.29, 1.82) is 15.8 Å². The zero-order chi connectivity index (χ0) is 62.4. The maximum absolute atomic E-state index is 10.3. The Morgan fingerprint density at radius 3 is 1.07 bits per heavy atom. The largest absolute Gasteiger partial charge is 0.309 e. The van der Waals surface area contributed by atoms with Crippen LogP contribution in [0.25, 0.3) is 121 Å². The van der Waals surface area contributed by atoms with Crippen molar-refractivity contribution in [2.45, 2.75) is 105 Å². The van der Waals surface area contributed by atoms with Crippen LogP contribution in [0.1, 0.15) is 122 Å². The van der Waals surface area contributed by atoms with Crippen LogP contribution in [-0.4, -0.2) is 24.1 Å². The fourth-order valence-corrected chi connectivity index (χ4v) is 11.8. The molecular formula is C78H64N10. The summed E-state index contributed by atoms with van der Waals surface area (Å²) in [4.78, 5) is 24.5. The number of aromatic nitrogens is 5. The van der Waals surface area contributed by atoms with Gasteiger partial charge in [-0.25, -0.2) is 24.6 Å². The Labute approximate surface area is 514 Å². The average Bonchev–Trinajstić information content (AvgIpc) is 1.90. The summed E-state index contributed by atoms with van der Waals surface area (Å²) in [7, 11) is 0. The molecule has 0 amide bonds. The van der Waals surface area contributed by atoms with Crippen LogP contribution in [0.2, 0.25) is 0 Å². The van der Waals surface area contributed by atoms with Gasteiger partial charge in [-0.1, -0.05) is 132 Å². The Morgan fingerprint density at radius 2 is 0.670 bits per heavy atom. The van der Waals surface area contributed by atoms with Crippen LogP contribution in [-0.2, 0) is 21.7 Å². The van der Waals surface area contributed by atoms with Gasteiger partial charge in [-0.2, -0.15) is 15.8 Å². The van der Waals surface area contributed by atoms with E-state index in [-0.39, 0.29) is 21.7 Å². The summed E-state index contributed by atoms with van der Waals surface area (Å²) >= 11 is 0. The molecule has 3 heterocycles. The molecule has 3 aromatic heterocycles. The van der Waals surface area contributed by atoms with Crippen LogP contribution < -0.4 is 0 Å². The van der Waals surface area contributed by atoms with Crippen molar-refractivity contribution in [2.24, 2.45) is 0 Å². The fraction of sp³-hybridized carbons (Fsp3) is 0.205. The van der Waals surface area contributed by atoms with Crippen LogP contribution >= 0.6 is 0 Å². The fourth-order valence-electron chi connectivity index (χ4n) is 11.8. The number of rotatable bonds is 7. The van der Waals surface area contributed by atoms with Gasteiger partial charge in [0.05, 0.1) is 81.5 Å². The zero-order valence-electron chi connectivity index (χ0n) is 51.6. The van der Waals surface area contributed by atoms with Crippen molar-refractivity contribution in [3.8, 4) is 86.0 Å². The third-order valence-corrected chi connectivity index (χ3v) is 16.9. The lowest BCUT2D eigenvalue weighted by molar-refractivity contribution is 0.568. The van der Waals surface area contributed by atoms with E-state index in [0.29, 0.717) is 51.1 Å². The molecule has 10 nitrogen and oxygen atoms in total. The first-order valence-electron chi connectivity index (χ1n) is 29.5. The minimum absolute atomic E-state index is 0.217. The van der Waals surface area contributed by atoms with Crippen molar-refractivity contribution in [2.75, 3.05) is 0 Å². The number of hydrogen-bond donors (Lipinski definition) is 0. The minimum Gasteiger partial charge on any atom is -0.309 e. The van der Waals surface area contributed by atoms with Gasteiger partial charge in [0, 0.05) is 33.0 Å². The number of fused-ring (bicyclic) bond motifs is 6. The summed E-state index contributed by atoms with van der Waals surface area (Å²) in [6.07, 6.45) is 0. The number of nitriles is 3. The second kappa shape index (κ2) is 21.2. The summed E-state index contributed by atoms with van der Waals surface area (Å²) in [5, 5.41) is 33.8. The van der Waals surface area contributed by atoms with Gasteiger partial charge >= 0.3 is 0 Å². The molecule has 0 atom stereocenters. The van der Waals surface area contributed by atoms with Gasteiger partial charge in [-0.05, 0) is 193 Å². The van der Waals surface area contributed by atoms with E-state index in [1.807, 2.05) is 97.1 Å². The molecule has 9 aromatic carbocycles. The molecule has 0 bridgehead atoms. The van der Waals surface area contributed by atoms with Crippen molar-refractivity contribution < 1.29 is 0 Å². The molecule has 0 radical (unpaired) electrons. The maximum atomic E-state index is 10.3. The molecule has 0 fully saturated rings. The zero-order valence-corrected chi connectivity index (χ0v) is 51.6. The molecule has 12 rings (SSSR count). The second-order valence-corrected chi connectivity index (χ2v) is 27.0. The molecule has 426 valence electrons. The van der Waals surface area contributed by atoms with Gasteiger partial charge in [0.2, 0.25) is 0 Å². The topological polar surface area (TPSA) is 129 Å². The van der Waals surface area contributed by atoms with Crippen LogP contribution in [0.4, 0.5) is 11.4 Å². The SMILES string of the molecule is [C-]#[N+]c1ccc2c(c1)c1cc([N+]#[C-])ccc1n2-c1ccc(-c2ccc(C#N)cc2)cc1-c1ccc(-n2c3ccc(C#N)cc3c3cc(C#N)ccc32)c(-c2nc(-c3cc(C(C)(C)C)cc(C(C)(C)C)c3)nc(-c3cc(C(C)(C)C)cc(C(C)(C)C)c3)n2)c1. The molecule has 12 aromatic rings. The normalized spacial score (nSPS) is 12.0. The van der Waals surface area contributed by atoms with Gasteiger partial charge in [-0.15, -0.1) is 0 Å². The molecule has 88 heavy (non-hydrogen) atoms. The highest BCUT2D eigenvalue weighted by Crippen LogP contribution is 2.45. The van der Waals surface area contributed by atoms with Gasteiger partial charge in [-0.3, -0.25) is 0 Å². The van der Waals surface area contributed by atoms with Crippen molar-refractivity contribution in [3.05, 3.63) is 232 Å². The summed E-state index contributed by atoms with van der Waals surface area (Å²) in [5.41, 5.74) is 17.1. The number of nitrogens with zero attached hydrogens (tertiary/aromatic N) is 10. The molecule has 0 unspecified atom stereocenters. The Kier molecular flexibility index (Phi) is 13.9. The van der Waals surface area contributed by atoms with Crippen LogP contribution in [0.15, 0.2) is 170 Å². The highest BCUT2D eigenvalue weighted by Gasteiger charge is 2.28. The van der Waals surface area contributed by atoms with E-state index in [1.54, 1.807) is 0 Å². The van der Waals surface area contributed by atoms with E-state index in [0.717, 1.165) is 111 Å². The molecule has 0 spiro atoms. The summed E-state index contributed by atoms with van der Waals surface area (Å²) in [5.74, 6) is 1.45. The average molecular weight is 1140 g/mol. The number of hydrogen-bond acceptors (Lipinski definition) is 6. The highest BCUT2D eigenvalue weighted by molar-refractivity contribution is 6.13. The third kappa shape index (κ3) is 10.4. The van der Waals surface area contributed by atoms with Gasteiger partial charge in [0.1, 0.15) is 0 Å². The molecule has 10 heteroatoms. The third-order valence-electron chi connectivity index (χ3n) is 16.9. The Balaban J connectivity index is 1.24. The predicted molar refractivity (Wildman–Crippen MR) is 357 cm³/mol.